The Morgan fingerprint density at radius 2 is 2.08 bits per heavy atom. The van der Waals surface area contributed by atoms with Crippen LogP contribution in [0, 0.1) is 0 Å². The molecule has 1 aliphatic heterocycles. The third-order valence-electron chi connectivity index (χ3n) is 4.87. The summed E-state index contributed by atoms with van der Waals surface area (Å²) in [7, 11) is 0. The monoisotopic (exact) mass is 330 g/mol. The summed E-state index contributed by atoms with van der Waals surface area (Å²) in [5.41, 5.74) is 0.680. The molecule has 130 valence electrons. The Morgan fingerprint density at radius 1 is 1.29 bits per heavy atom. The van der Waals surface area contributed by atoms with Crippen LogP contribution in [0.3, 0.4) is 0 Å². The molecule has 2 fully saturated rings. The van der Waals surface area contributed by atoms with Crippen LogP contribution in [-0.4, -0.2) is 41.0 Å². The largest absolute Gasteiger partial charge is 0.326 e. The van der Waals surface area contributed by atoms with Crippen molar-refractivity contribution in [3.05, 3.63) is 18.3 Å². The van der Waals surface area contributed by atoms with Gasteiger partial charge in [0, 0.05) is 25.6 Å². The minimum atomic E-state index is 0.0102. The van der Waals surface area contributed by atoms with Crippen molar-refractivity contribution in [2.45, 2.75) is 57.9 Å². The maximum absolute atomic E-state index is 12.6. The molecule has 1 aromatic heterocycles. The lowest BCUT2D eigenvalue weighted by Gasteiger charge is -2.23. The standard InChI is InChI=1S/C18H26N4O2/c1-2-3-8-17(23)20-14-9-10-16(19-13-14)22-12-11-21(18(22)24)15-6-4-5-7-15/h9-10,13,15H,2-8,11-12H2,1H3,(H,20,23). The van der Waals surface area contributed by atoms with Gasteiger partial charge < -0.3 is 10.2 Å². The van der Waals surface area contributed by atoms with E-state index >= 15 is 0 Å². The summed E-state index contributed by atoms with van der Waals surface area (Å²) in [4.78, 5) is 32.5. The third kappa shape index (κ3) is 3.68. The quantitative estimate of drug-likeness (QED) is 0.869. The number of rotatable bonds is 6. The summed E-state index contributed by atoms with van der Waals surface area (Å²) >= 11 is 0. The molecule has 2 aliphatic rings. The summed E-state index contributed by atoms with van der Waals surface area (Å²) in [6.07, 6.45) is 8.73. The molecule has 0 radical (unpaired) electrons. The molecule has 1 aromatic rings. The number of aromatic nitrogens is 1. The van der Waals surface area contributed by atoms with E-state index in [1.165, 1.54) is 12.8 Å². The molecular formula is C18H26N4O2. The number of nitrogens with zero attached hydrogens (tertiary/aromatic N) is 3. The lowest BCUT2D eigenvalue weighted by Crippen LogP contribution is -2.38. The summed E-state index contributed by atoms with van der Waals surface area (Å²) in [5, 5.41) is 2.84. The Morgan fingerprint density at radius 3 is 2.75 bits per heavy atom. The fourth-order valence-electron chi connectivity index (χ4n) is 3.50. The summed E-state index contributed by atoms with van der Waals surface area (Å²) in [5.74, 6) is 0.670. The first kappa shape index (κ1) is 16.7. The van der Waals surface area contributed by atoms with Crippen molar-refractivity contribution < 1.29 is 9.59 Å². The van der Waals surface area contributed by atoms with Gasteiger partial charge in [-0.3, -0.25) is 9.69 Å². The fourth-order valence-corrected chi connectivity index (χ4v) is 3.50. The van der Waals surface area contributed by atoms with E-state index in [-0.39, 0.29) is 11.9 Å². The number of carbonyl (C=O) groups is 2. The number of nitrogens with one attached hydrogen (secondary N) is 1. The first-order chi connectivity index (χ1) is 11.7. The van der Waals surface area contributed by atoms with Crippen molar-refractivity contribution in [1.82, 2.24) is 9.88 Å². The molecule has 2 heterocycles. The number of pyridine rings is 1. The molecule has 1 saturated carbocycles. The smallest absolute Gasteiger partial charge is 0.325 e. The zero-order chi connectivity index (χ0) is 16.9. The number of urea groups is 1. The zero-order valence-corrected chi connectivity index (χ0v) is 14.3. The Hall–Kier alpha value is -2.11. The van der Waals surface area contributed by atoms with Crippen LogP contribution < -0.4 is 10.2 Å². The van der Waals surface area contributed by atoms with Crippen LogP contribution >= 0.6 is 0 Å². The summed E-state index contributed by atoms with van der Waals surface area (Å²) in [6, 6.07) is 4.09. The molecule has 1 aliphatic carbocycles. The number of hydrogen-bond acceptors (Lipinski definition) is 3. The Balaban J connectivity index is 1.59. The predicted octanol–water partition coefficient (Wildman–Crippen LogP) is 3.39. The van der Waals surface area contributed by atoms with E-state index in [9.17, 15) is 9.59 Å². The molecular weight excluding hydrogens is 304 g/mol. The number of anilines is 2. The van der Waals surface area contributed by atoms with Crippen LogP contribution in [-0.2, 0) is 4.79 Å². The maximum Gasteiger partial charge on any atom is 0.326 e. The van der Waals surface area contributed by atoms with E-state index in [1.54, 1.807) is 11.1 Å². The van der Waals surface area contributed by atoms with Gasteiger partial charge in [0.15, 0.2) is 0 Å². The van der Waals surface area contributed by atoms with E-state index in [2.05, 4.69) is 17.2 Å². The van der Waals surface area contributed by atoms with E-state index in [0.29, 0.717) is 30.5 Å². The number of unbranched alkanes of at least 4 members (excludes halogenated alkanes) is 1. The number of amides is 3. The first-order valence-corrected chi connectivity index (χ1v) is 9.03. The molecule has 24 heavy (non-hydrogen) atoms. The first-order valence-electron chi connectivity index (χ1n) is 9.03. The number of carbonyl (C=O) groups excluding carboxylic acids is 2. The van der Waals surface area contributed by atoms with Crippen LogP contribution in [0.25, 0.3) is 0 Å². The van der Waals surface area contributed by atoms with Gasteiger partial charge in [-0.2, -0.15) is 0 Å². The van der Waals surface area contributed by atoms with Gasteiger partial charge in [-0.25, -0.2) is 9.78 Å². The molecule has 0 unspecified atom stereocenters. The minimum Gasteiger partial charge on any atom is -0.325 e. The molecule has 0 aromatic carbocycles. The highest BCUT2D eigenvalue weighted by Gasteiger charge is 2.35. The molecule has 6 heteroatoms. The van der Waals surface area contributed by atoms with E-state index in [4.69, 9.17) is 0 Å². The SMILES string of the molecule is CCCCC(=O)Nc1ccc(N2CCN(C3CCCC3)C2=O)nc1. The highest BCUT2D eigenvalue weighted by atomic mass is 16.2. The van der Waals surface area contributed by atoms with Gasteiger partial charge in [0.05, 0.1) is 11.9 Å². The van der Waals surface area contributed by atoms with Crippen LogP contribution in [0.5, 0.6) is 0 Å². The minimum absolute atomic E-state index is 0.0102. The van der Waals surface area contributed by atoms with E-state index < -0.39 is 0 Å². The average Bonchev–Trinajstić information content (AvgIpc) is 3.23. The Labute approximate surface area is 143 Å². The molecule has 0 spiro atoms. The van der Waals surface area contributed by atoms with Crippen LogP contribution in [0.1, 0.15) is 51.9 Å². The van der Waals surface area contributed by atoms with Crippen LogP contribution in [0.15, 0.2) is 18.3 Å². The zero-order valence-electron chi connectivity index (χ0n) is 14.3. The van der Waals surface area contributed by atoms with Gasteiger partial charge >= 0.3 is 6.03 Å². The normalized spacial score (nSPS) is 18.5. The van der Waals surface area contributed by atoms with E-state index in [1.807, 2.05) is 17.0 Å². The second-order valence-electron chi connectivity index (χ2n) is 6.62. The Bertz CT molecular complexity index is 581. The van der Waals surface area contributed by atoms with Gasteiger partial charge in [-0.15, -0.1) is 0 Å². The second kappa shape index (κ2) is 7.64. The highest BCUT2D eigenvalue weighted by Crippen LogP contribution is 2.28. The Kier molecular flexibility index (Phi) is 5.33. The van der Waals surface area contributed by atoms with Crippen molar-refractivity contribution in [1.29, 1.82) is 0 Å². The summed E-state index contributed by atoms with van der Waals surface area (Å²) in [6.45, 7) is 3.52. The average molecular weight is 330 g/mol. The van der Waals surface area contributed by atoms with Gasteiger partial charge in [0.25, 0.3) is 0 Å². The van der Waals surface area contributed by atoms with Crippen molar-refractivity contribution in [3.8, 4) is 0 Å². The molecule has 3 rings (SSSR count). The molecule has 6 nitrogen and oxygen atoms in total. The molecule has 0 bridgehead atoms. The number of hydrogen-bond donors (Lipinski definition) is 1. The highest BCUT2D eigenvalue weighted by molar-refractivity contribution is 5.94. The molecule has 1 saturated heterocycles. The van der Waals surface area contributed by atoms with Gasteiger partial charge in [-0.1, -0.05) is 26.2 Å². The summed E-state index contributed by atoms with van der Waals surface area (Å²) < 4.78 is 0. The maximum atomic E-state index is 12.6. The second-order valence-corrected chi connectivity index (χ2v) is 6.62. The fraction of sp³-hybridized carbons (Fsp3) is 0.611. The third-order valence-corrected chi connectivity index (χ3v) is 4.87. The van der Waals surface area contributed by atoms with Gasteiger partial charge in [0.2, 0.25) is 5.91 Å². The predicted molar refractivity (Wildman–Crippen MR) is 94.1 cm³/mol. The lowest BCUT2D eigenvalue weighted by molar-refractivity contribution is -0.116. The lowest BCUT2D eigenvalue weighted by atomic mass is 10.2. The van der Waals surface area contributed by atoms with Gasteiger partial charge in [0.1, 0.15) is 5.82 Å². The molecule has 3 amide bonds. The van der Waals surface area contributed by atoms with Crippen molar-refractivity contribution >= 4 is 23.4 Å². The van der Waals surface area contributed by atoms with E-state index in [0.717, 1.165) is 32.2 Å². The molecule has 0 atom stereocenters. The van der Waals surface area contributed by atoms with Crippen LogP contribution in [0.2, 0.25) is 0 Å². The van der Waals surface area contributed by atoms with Crippen LogP contribution in [0.4, 0.5) is 16.3 Å². The van der Waals surface area contributed by atoms with Gasteiger partial charge in [-0.05, 0) is 31.4 Å². The van der Waals surface area contributed by atoms with Crippen molar-refractivity contribution in [2.75, 3.05) is 23.3 Å². The topological polar surface area (TPSA) is 65.5 Å². The van der Waals surface area contributed by atoms with Crippen molar-refractivity contribution in [2.24, 2.45) is 0 Å². The molecule has 1 N–H and O–H groups in total. The van der Waals surface area contributed by atoms with Crippen molar-refractivity contribution in [3.63, 3.8) is 0 Å².